The third kappa shape index (κ3) is 6.94. The molecule has 8 nitrogen and oxygen atoms in total. The molecule has 2 atom stereocenters. The van der Waals surface area contributed by atoms with E-state index in [0.29, 0.717) is 43.2 Å². The highest BCUT2D eigenvalue weighted by atomic mass is 32.1. The van der Waals surface area contributed by atoms with Crippen LogP contribution in [0.15, 0.2) is 60.7 Å². The van der Waals surface area contributed by atoms with Gasteiger partial charge in [-0.25, -0.2) is 0 Å². The van der Waals surface area contributed by atoms with Crippen molar-refractivity contribution in [2.75, 3.05) is 11.9 Å². The zero-order chi connectivity index (χ0) is 22.8. The van der Waals surface area contributed by atoms with Crippen LogP contribution in [0.3, 0.4) is 0 Å². The number of carbonyl (C=O) groups is 2. The fraction of sp³-hybridized carbons (Fsp3) is 0.304. The van der Waals surface area contributed by atoms with E-state index in [-0.39, 0.29) is 11.8 Å². The van der Waals surface area contributed by atoms with E-state index in [0.717, 1.165) is 22.7 Å². The van der Waals surface area contributed by atoms with Crippen LogP contribution < -0.4 is 22.1 Å². The fourth-order valence-corrected chi connectivity index (χ4v) is 3.74. The van der Waals surface area contributed by atoms with Crippen LogP contribution in [-0.4, -0.2) is 39.8 Å². The van der Waals surface area contributed by atoms with Crippen molar-refractivity contribution in [3.05, 3.63) is 66.2 Å². The molecule has 0 aliphatic heterocycles. The van der Waals surface area contributed by atoms with Crippen LogP contribution in [0.5, 0.6) is 0 Å². The quantitative estimate of drug-likeness (QED) is 0.352. The number of carbonyl (C=O) groups excluding carboxylic acids is 2. The van der Waals surface area contributed by atoms with Crippen molar-refractivity contribution in [2.45, 2.75) is 37.8 Å². The van der Waals surface area contributed by atoms with Gasteiger partial charge in [0.25, 0.3) is 0 Å². The van der Waals surface area contributed by atoms with Gasteiger partial charge in [0.2, 0.25) is 16.9 Å². The Balaban J connectivity index is 1.67. The van der Waals surface area contributed by atoms with E-state index < -0.39 is 12.1 Å². The number of anilines is 1. The number of amides is 2. The number of hydrogen-bond donors (Lipinski definition) is 4. The van der Waals surface area contributed by atoms with E-state index >= 15 is 0 Å². The molecule has 0 aliphatic rings. The number of rotatable bonds is 11. The maximum absolute atomic E-state index is 13.0. The van der Waals surface area contributed by atoms with Crippen molar-refractivity contribution in [3.63, 3.8) is 0 Å². The monoisotopic (exact) mass is 452 g/mol. The molecule has 0 aliphatic carbocycles. The van der Waals surface area contributed by atoms with Crippen molar-refractivity contribution in [1.82, 2.24) is 14.7 Å². The average molecular weight is 453 g/mol. The Labute approximate surface area is 191 Å². The van der Waals surface area contributed by atoms with Gasteiger partial charge < -0.3 is 16.8 Å². The second kappa shape index (κ2) is 12.0. The van der Waals surface area contributed by atoms with Gasteiger partial charge in [-0.05, 0) is 37.8 Å². The van der Waals surface area contributed by atoms with Crippen LogP contribution in [0.2, 0.25) is 0 Å². The predicted molar refractivity (Wildman–Crippen MR) is 127 cm³/mol. The van der Waals surface area contributed by atoms with Crippen molar-refractivity contribution in [2.24, 2.45) is 11.5 Å². The molecule has 3 aromatic rings. The molecule has 0 fully saturated rings. The zero-order valence-electron chi connectivity index (χ0n) is 17.7. The van der Waals surface area contributed by atoms with E-state index in [2.05, 4.69) is 20.0 Å². The lowest BCUT2D eigenvalue weighted by Gasteiger charge is -2.20. The number of nitrogens with one attached hydrogen (secondary N) is 2. The summed E-state index contributed by atoms with van der Waals surface area (Å²) >= 11 is 1.10. The molecular formula is C23H28N6O2S. The molecule has 32 heavy (non-hydrogen) atoms. The number of aromatic nitrogens is 2. The van der Waals surface area contributed by atoms with Gasteiger partial charge in [-0.1, -0.05) is 60.7 Å². The lowest BCUT2D eigenvalue weighted by molar-refractivity contribution is -0.127. The maximum Gasteiger partial charge on any atom is 0.248 e. The summed E-state index contributed by atoms with van der Waals surface area (Å²) in [5.74, 6) is -0.176. The van der Waals surface area contributed by atoms with Gasteiger partial charge in [-0.3, -0.25) is 14.9 Å². The summed E-state index contributed by atoms with van der Waals surface area (Å²) in [5, 5.41) is 5.96. The van der Waals surface area contributed by atoms with Crippen LogP contribution in [-0.2, 0) is 16.0 Å². The topological polar surface area (TPSA) is 136 Å². The van der Waals surface area contributed by atoms with Crippen LogP contribution in [0.25, 0.3) is 11.4 Å². The molecule has 0 saturated heterocycles. The first-order valence-electron chi connectivity index (χ1n) is 10.6. The molecule has 6 N–H and O–H groups in total. The Morgan fingerprint density at radius 1 is 0.969 bits per heavy atom. The van der Waals surface area contributed by atoms with Gasteiger partial charge in [0, 0.05) is 17.1 Å². The molecule has 2 amide bonds. The van der Waals surface area contributed by atoms with E-state index in [9.17, 15) is 9.59 Å². The molecule has 1 heterocycles. The molecule has 2 aromatic carbocycles. The smallest absolute Gasteiger partial charge is 0.248 e. The van der Waals surface area contributed by atoms with Crippen molar-refractivity contribution >= 4 is 28.5 Å². The number of aryl methyl sites for hydroxylation is 1. The lowest BCUT2D eigenvalue weighted by atomic mass is 10.0. The molecule has 3 rings (SSSR count). The minimum absolute atomic E-state index is 0.351. The Morgan fingerprint density at radius 3 is 2.34 bits per heavy atom. The highest BCUT2D eigenvalue weighted by molar-refractivity contribution is 7.10. The Kier molecular flexibility index (Phi) is 8.85. The minimum atomic E-state index is -0.754. The first kappa shape index (κ1) is 23.5. The predicted octanol–water partition coefficient (Wildman–Crippen LogP) is 2.33. The average Bonchev–Trinajstić information content (AvgIpc) is 3.29. The Hall–Kier alpha value is -3.14. The summed E-state index contributed by atoms with van der Waals surface area (Å²) in [6.45, 7) is 0.458. The van der Waals surface area contributed by atoms with Gasteiger partial charge in [0.05, 0.1) is 6.04 Å². The van der Waals surface area contributed by atoms with Gasteiger partial charge in [-0.2, -0.15) is 9.36 Å². The van der Waals surface area contributed by atoms with Gasteiger partial charge >= 0.3 is 0 Å². The summed E-state index contributed by atoms with van der Waals surface area (Å²) in [6, 6.07) is 17.8. The first-order valence-corrected chi connectivity index (χ1v) is 11.3. The molecule has 0 radical (unpaired) electrons. The summed E-state index contributed by atoms with van der Waals surface area (Å²) in [4.78, 5) is 29.9. The highest BCUT2D eigenvalue weighted by Gasteiger charge is 2.24. The number of benzene rings is 2. The SMILES string of the molecule is NCCC[C@H](N)C(=O)N[C@H](CCc1ccccc1)C(=O)Nc1nc(-c2ccccc2)ns1. The number of hydrogen-bond acceptors (Lipinski definition) is 7. The lowest BCUT2D eigenvalue weighted by Crippen LogP contribution is -2.50. The molecule has 168 valence electrons. The molecule has 0 bridgehead atoms. The summed E-state index contributed by atoms with van der Waals surface area (Å²) in [6.07, 6.45) is 2.16. The fourth-order valence-electron chi connectivity index (χ4n) is 3.14. The third-order valence-corrected chi connectivity index (χ3v) is 5.57. The van der Waals surface area contributed by atoms with Crippen molar-refractivity contribution < 1.29 is 9.59 Å². The standard InChI is InChI=1S/C23H28N6O2S/c24-15-7-12-18(25)21(30)26-19(14-13-16-8-3-1-4-9-16)22(31)28-23-27-20(29-32-23)17-10-5-2-6-11-17/h1-6,8-11,18-19H,7,12-15,24-25H2,(H,26,30)(H,27,28,29,31)/t18-,19+/m0/s1. The molecule has 1 aromatic heterocycles. The van der Waals surface area contributed by atoms with E-state index in [4.69, 9.17) is 11.5 Å². The number of nitrogens with two attached hydrogens (primary N) is 2. The van der Waals surface area contributed by atoms with E-state index in [1.54, 1.807) is 0 Å². The zero-order valence-corrected chi connectivity index (χ0v) is 18.6. The van der Waals surface area contributed by atoms with Crippen molar-refractivity contribution in [3.8, 4) is 11.4 Å². The molecule has 0 spiro atoms. The van der Waals surface area contributed by atoms with Gasteiger partial charge in [0.1, 0.15) is 6.04 Å². The van der Waals surface area contributed by atoms with Gasteiger partial charge in [0.15, 0.2) is 5.82 Å². The van der Waals surface area contributed by atoms with Crippen LogP contribution in [0, 0.1) is 0 Å². The summed E-state index contributed by atoms with van der Waals surface area (Å²) in [5.41, 5.74) is 13.4. The van der Waals surface area contributed by atoms with E-state index in [1.165, 1.54) is 0 Å². The maximum atomic E-state index is 13.0. The minimum Gasteiger partial charge on any atom is -0.343 e. The van der Waals surface area contributed by atoms with Crippen molar-refractivity contribution in [1.29, 1.82) is 0 Å². The largest absolute Gasteiger partial charge is 0.343 e. The number of nitrogens with zero attached hydrogens (tertiary/aromatic N) is 2. The molecule has 9 heteroatoms. The Bertz CT molecular complexity index is 996. The highest BCUT2D eigenvalue weighted by Crippen LogP contribution is 2.21. The normalized spacial score (nSPS) is 12.7. The van der Waals surface area contributed by atoms with Crippen LogP contribution >= 0.6 is 11.5 Å². The van der Waals surface area contributed by atoms with Crippen LogP contribution in [0.1, 0.15) is 24.8 Å². The summed E-state index contributed by atoms with van der Waals surface area (Å²) in [7, 11) is 0. The van der Waals surface area contributed by atoms with Crippen LogP contribution in [0.4, 0.5) is 5.13 Å². The first-order chi connectivity index (χ1) is 15.6. The third-order valence-electron chi connectivity index (χ3n) is 4.94. The molecule has 0 saturated carbocycles. The van der Waals surface area contributed by atoms with Gasteiger partial charge in [-0.15, -0.1) is 0 Å². The Morgan fingerprint density at radius 2 is 1.66 bits per heavy atom. The second-order valence-electron chi connectivity index (χ2n) is 7.40. The second-order valence-corrected chi connectivity index (χ2v) is 8.15. The van der Waals surface area contributed by atoms with E-state index in [1.807, 2.05) is 60.7 Å². The molecular weight excluding hydrogens is 424 g/mol. The molecule has 0 unspecified atom stereocenters. The summed E-state index contributed by atoms with van der Waals surface area (Å²) < 4.78 is 4.31.